The number of rotatable bonds is 2. The number of halogens is 1. The van der Waals surface area contributed by atoms with Crippen molar-refractivity contribution in [2.45, 2.75) is 18.9 Å². The van der Waals surface area contributed by atoms with Crippen LogP contribution in [0.4, 0.5) is 5.95 Å². The summed E-state index contributed by atoms with van der Waals surface area (Å²) in [5.74, 6) is 1.57. The Hall–Kier alpha value is -1.40. The number of aromatic amines is 1. The lowest BCUT2D eigenvalue weighted by Crippen LogP contribution is -2.40. The molecule has 1 aliphatic heterocycles. The highest BCUT2D eigenvalue weighted by molar-refractivity contribution is 9.10. The molecule has 0 amide bonds. The van der Waals surface area contributed by atoms with Gasteiger partial charge in [-0.15, -0.1) is 5.10 Å². The quantitative estimate of drug-likeness (QED) is 0.889. The molecular formula is C13H16BrN5. The summed E-state index contributed by atoms with van der Waals surface area (Å²) in [6, 6.07) is 8.34. The minimum Gasteiger partial charge on any atom is -0.339 e. The molecule has 2 heterocycles. The van der Waals surface area contributed by atoms with Crippen molar-refractivity contribution in [1.82, 2.24) is 15.2 Å². The second kappa shape index (κ2) is 5.30. The van der Waals surface area contributed by atoms with Crippen molar-refractivity contribution in [2.75, 3.05) is 18.0 Å². The van der Waals surface area contributed by atoms with Crippen LogP contribution in [0.15, 0.2) is 28.7 Å². The Labute approximate surface area is 120 Å². The third-order valence-corrected chi connectivity index (χ3v) is 3.94. The van der Waals surface area contributed by atoms with E-state index in [4.69, 9.17) is 5.73 Å². The van der Waals surface area contributed by atoms with E-state index in [1.54, 1.807) is 0 Å². The highest BCUT2D eigenvalue weighted by Crippen LogP contribution is 2.21. The predicted octanol–water partition coefficient (Wildman–Crippen LogP) is 2.16. The first-order valence-electron chi connectivity index (χ1n) is 6.41. The van der Waals surface area contributed by atoms with E-state index in [0.717, 1.165) is 47.7 Å². The van der Waals surface area contributed by atoms with Gasteiger partial charge in [-0.2, -0.15) is 4.98 Å². The maximum atomic E-state index is 5.91. The van der Waals surface area contributed by atoms with Crippen molar-refractivity contribution in [3.05, 3.63) is 28.7 Å². The van der Waals surface area contributed by atoms with E-state index in [1.807, 2.05) is 24.3 Å². The summed E-state index contributed by atoms with van der Waals surface area (Å²) < 4.78 is 1.06. The molecule has 1 aromatic heterocycles. The van der Waals surface area contributed by atoms with E-state index in [0.29, 0.717) is 6.04 Å². The van der Waals surface area contributed by atoms with Crippen LogP contribution in [0.2, 0.25) is 0 Å². The molecule has 3 rings (SSSR count). The Balaban J connectivity index is 1.77. The van der Waals surface area contributed by atoms with Crippen molar-refractivity contribution >= 4 is 21.9 Å². The van der Waals surface area contributed by atoms with Crippen LogP contribution in [-0.4, -0.2) is 34.3 Å². The zero-order valence-corrected chi connectivity index (χ0v) is 12.1. The van der Waals surface area contributed by atoms with E-state index in [-0.39, 0.29) is 0 Å². The predicted molar refractivity (Wildman–Crippen MR) is 78.9 cm³/mol. The number of aromatic nitrogens is 3. The SMILES string of the molecule is NC1CCN(c2n[nH]c(-c3ccc(Br)cc3)n2)CC1. The Morgan fingerprint density at radius 1 is 1.21 bits per heavy atom. The molecule has 1 fully saturated rings. The fourth-order valence-electron chi connectivity index (χ4n) is 2.23. The number of hydrogen-bond acceptors (Lipinski definition) is 4. The third-order valence-electron chi connectivity index (χ3n) is 3.41. The number of nitrogens with two attached hydrogens (primary N) is 1. The molecule has 0 unspecified atom stereocenters. The highest BCUT2D eigenvalue weighted by atomic mass is 79.9. The molecule has 0 spiro atoms. The van der Waals surface area contributed by atoms with Crippen molar-refractivity contribution in [1.29, 1.82) is 0 Å². The van der Waals surface area contributed by atoms with Crippen molar-refractivity contribution in [2.24, 2.45) is 5.73 Å². The van der Waals surface area contributed by atoms with Crippen molar-refractivity contribution < 1.29 is 0 Å². The maximum absolute atomic E-state index is 5.91. The van der Waals surface area contributed by atoms with E-state index in [1.165, 1.54) is 0 Å². The first-order valence-corrected chi connectivity index (χ1v) is 7.20. The summed E-state index contributed by atoms with van der Waals surface area (Å²) in [5, 5.41) is 7.30. The molecule has 19 heavy (non-hydrogen) atoms. The monoisotopic (exact) mass is 321 g/mol. The van der Waals surface area contributed by atoms with Gasteiger partial charge in [0.1, 0.15) is 0 Å². The van der Waals surface area contributed by atoms with E-state index < -0.39 is 0 Å². The molecule has 1 saturated heterocycles. The summed E-state index contributed by atoms with van der Waals surface area (Å²) in [4.78, 5) is 6.74. The Morgan fingerprint density at radius 2 is 1.89 bits per heavy atom. The van der Waals surface area contributed by atoms with Crippen LogP contribution in [0.25, 0.3) is 11.4 Å². The van der Waals surface area contributed by atoms with Crippen molar-refractivity contribution in [3.63, 3.8) is 0 Å². The molecule has 0 radical (unpaired) electrons. The van der Waals surface area contributed by atoms with Crippen LogP contribution in [0.3, 0.4) is 0 Å². The van der Waals surface area contributed by atoms with Crippen LogP contribution >= 0.6 is 15.9 Å². The maximum Gasteiger partial charge on any atom is 0.245 e. The van der Waals surface area contributed by atoms with Crippen LogP contribution in [0.5, 0.6) is 0 Å². The number of piperidine rings is 1. The normalized spacial score (nSPS) is 16.8. The summed E-state index contributed by atoms with van der Waals surface area (Å²) in [5.41, 5.74) is 6.94. The second-order valence-electron chi connectivity index (χ2n) is 4.82. The minimum absolute atomic E-state index is 0.320. The molecule has 0 atom stereocenters. The lowest BCUT2D eigenvalue weighted by molar-refractivity contribution is 0.496. The fourth-order valence-corrected chi connectivity index (χ4v) is 2.50. The van der Waals surface area contributed by atoms with Gasteiger partial charge in [0.05, 0.1) is 0 Å². The fraction of sp³-hybridized carbons (Fsp3) is 0.385. The van der Waals surface area contributed by atoms with Gasteiger partial charge < -0.3 is 10.6 Å². The molecule has 3 N–H and O–H groups in total. The topological polar surface area (TPSA) is 70.8 Å². The molecule has 1 aliphatic rings. The molecule has 5 nitrogen and oxygen atoms in total. The minimum atomic E-state index is 0.320. The standard InChI is InChI=1S/C13H16BrN5/c14-10-3-1-9(2-4-10)12-16-13(18-17-12)19-7-5-11(15)6-8-19/h1-4,11H,5-8,15H2,(H,16,17,18). The van der Waals surface area contributed by atoms with Gasteiger partial charge in [0, 0.05) is 29.2 Å². The highest BCUT2D eigenvalue weighted by Gasteiger charge is 2.19. The summed E-state index contributed by atoms with van der Waals surface area (Å²) in [6.07, 6.45) is 2.00. The van der Waals surface area contributed by atoms with Gasteiger partial charge in [0.15, 0.2) is 5.82 Å². The van der Waals surface area contributed by atoms with Gasteiger partial charge in [-0.1, -0.05) is 28.1 Å². The Morgan fingerprint density at radius 3 is 2.58 bits per heavy atom. The molecule has 6 heteroatoms. The van der Waals surface area contributed by atoms with Crippen LogP contribution in [-0.2, 0) is 0 Å². The smallest absolute Gasteiger partial charge is 0.245 e. The lowest BCUT2D eigenvalue weighted by Gasteiger charge is -2.28. The molecule has 100 valence electrons. The van der Waals surface area contributed by atoms with Crippen LogP contribution < -0.4 is 10.6 Å². The third kappa shape index (κ3) is 2.79. The number of nitrogens with zero attached hydrogens (tertiary/aromatic N) is 3. The zero-order chi connectivity index (χ0) is 13.2. The molecule has 2 aromatic rings. The molecule has 0 aliphatic carbocycles. The number of anilines is 1. The van der Waals surface area contributed by atoms with Gasteiger partial charge in [-0.3, -0.25) is 5.10 Å². The Bertz CT molecular complexity index is 542. The number of H-pyrrole nitrogens is 1. The number of nitrogens with one attached hydrogen (secondary N) is 1. The van der Waals surface area contributed by atoms with Gasteiger partial charge in [0.25, 0.3) is 0 Å². The van der Waals surface area contributed by atoms with E-state index in [2.05, 4.69) is 36.0 Å². The average molecular weight is 322 g/mol. The van der Waals surface area contributed by atoms with Gasteiger partial charge in [0.2, 0.25) is 5.95 Å². The lowest BCUT2D eigenvalue weighted by atomic mass is 10.1. The first kappa shape index (κ1) is 12.6. The largest absolute Gasteiger partial charge is 0.339 e. The van der Waals surface area contributed by atoms with E-state index >= 15 is 0 Å². The van der Waals surface area contributed by atoms with Crippen molar-refractivity contribution in [3.8, 4) is 11.4 Å². The van der Waals surface area contributed by atoms with Gasteiger partial charge in [-0.05, 0) is 25.0 Å². The summed E-state index contributed by atoms with van der Waals surface area (Å²) in [6.45, 7) is 1.86. The van der Waals surface area contributed by atoms with Gasteiger partial charge in [-0.25, -0.2) is 0 Å². The molecule has 0 bridgehead atoms. The zero-order valence-electron chi connectivity index (χ0n) is 10.5. The Kier molecular flexibility index (Phi) is 3.52. The molecule has 0 saturated carbocycles. The summed E-state index contributed by atoms with van der Waals surface area (Å²) >= 11 is 3.43. The first-order chi connectivity index (χ1) is 9.22. The average Bonchev–Trinajstić information content (AvgIpc) is 2.90. The number of hydrogen-bond donors (Lipinski definition) is 2. The van der Waals surface area contributed by atoms with Gasteiger partial charge >= 0.3 is 0 Å². The van der Waals surface area contributed by atoms with E-state index in [9.17, 15) is 0 Å². The molecular weight excluding hydrogens is 306 g/mol. The second-order valence-corrected chi connectivity index (χ2v) is 5.73. The van der Waals surface area contributed by atoms with Crippen LogP contribution in [0, 0.1) is 0 Å². The molecule has 1 aromatic carbocycles. The number of benzene rings is 1. The summed E-state index contributed by atoms with van der Waals surface area (Å²) in [7, 11) is 0. The van der Waals surface area contributed by atoms with Crippen LogP contribution in [0.1, 0.15) is 12.8 Å².